The van der Waals surface area contributed by atoms with Crippen LogP contribution >= 0.6 is 23.2 Å². The first kappa shape index (κ1) is 15.1. The highest BCUT2D eigenvalue weighted by atomic mass is 35.5. The van der Waals surface area contributed by atoms with Crippen molar-refractivity contribution in [2.24, 2.45) is 5.92 Å². The summed E-state index contributed by atoms with van der Waals surface area (Å²) in [4.78, 5) is 12.5. The zero-order valence-electron chi connectivity index (χ0n) is 11.5. The molecule has 0 aliphatic rings. The minimum Gasteiger partial charge on any atom is -0.289 e. The van der Waals surface area contributed by atoms with Crippen molar-refractivity contribution in [2.45, 2.75) is 20.3 Å². The van der Waals surface area contributed by atoms with E-state index >= 15 is 0 Å². The quantitative estimate of drug-likeness (QED) is 0.689. The van der Waals surface area contributed by atoms with E-state index < -0.39 is 0 Å². The Hall–Kier alpha value is -1.31. The lowest BCUT2D eigenvalue weighted by Crippen LogP contribution is -2.04. The van der Waals surface area contributed by atoms with Crippen LogP contribution in [0, 0.1) is 5.92 Å². The van der Waals surface area contributed by atoms with E-state index in [9.17, 15) is 4.79 Å². The fraction of sp³-hybridized carbons (Fsp3) is 0.235. The summed E-state index contributed by atoms with van der Waals surface area (Å²) in [6, 6.07) is 12.6. The smallest absolute Gasteiger partial charge is 0.194 e. The van der Waals surface area contributed by atoms with Gasteiger partial charge in [0.25, 0.3) is 0 Å². The zero-order chi connectivity index (χ0) is 14.7. The molecule has 0 N–H and O–H groups in total. The predicted molar refractivity (Wildman–Crippen MR) is 84.9 cm³/mol. The Morgan fingerprint density at radius 3 is 2.50 bits per heavy atom. The normalized spacial score (nSPS) is 10.8. The molecule has 1 nitrogen and oxygen atoms in total. The van der Waals surface area contributed by atoms with Crippen molar-refractivity contribution in [1.29, 1.82) is 0 Å². The van der Waals surface area contributed by atoms with Gasteiger partial charge in [-0.3, -0.25) is 4.79 Å². The molecule has 2 aromatic rings. The molecular weight excluding hydrogens is 291 g/mol. The molecule has 0 heterocycles. The van der Waals surface area contributed by atoms with Crippen molar-refractivity contribution in [1.82, 2.24) is 0 Å². The maximum absolute atomic E-state index is 12.5. The van der Waals surface area contributed by atoms with Gasteiger partial charge in [-0.1, -0.05) is 55.2 Å². The predicted octanol–water partition coefficient (Wildman–Crippen LogP) is 5.42. The number of hydrogen-bond donors (Lipinski definition) is 0. The van der Waals surface area contributed by atoms with E-state index in [1.54, 1.807) is 18.2 Å². The van der Waals surface area contributed by atoms with Gasteiger partial charge in [0.2, 0.25) is 0 Å². The van der Waals surface area contributed by atoms with Crippen molar-refractivity contribution in [2.75, 3.05) is 0 Å². The standard InChI is InChI=1S/C17H16Cl2O/c1-11(2)8-12-4-3-5-13(9-12)17(20)15-7-6-14(18)10-16(15)19/h3-7,9-11H,8H2,1-2H3. The van der Waals surface area contributed by atoms with Gasteiger partial charge in [-0.15, -0.1) is 0 Å². The molecule has 0 unspecified atom stereocenters. The Morgan fingerprint density at radius 1 is 1.10 bits per heavy atom. The molecule has 0 aromatic heterocycles. The van der Waals surface area contributed by atoms with Crippen molar-refractivity contribution in [3.05, 3.63) is 69.2 Å². The lowest BCUT2D eigenvalue weighted by Gasteiger charge is -2.08. The summed E-state index contributed by atoms with van der Waals surface area (Å²) in [6.45, 7) is 4.31. The second-order valence-electron chi connectivity index (χ2n) is 5.25. The van der Waals surface area contributed by atoms with Crippen molar-refractivity contribution >= 4 is 29.0 Å². The molecule has 0 aliphatic heterocycles. The number of carbonyl (C=O) groups excluding carboxylic acids is 1. The Kier molecular flexibility index (Phi) is 4.85. The minimum atomic E-state index is -0.0720. The van der Waals surface area contributed by atoms with Crippen LogP contribution in [0.3, 0.4) is 0 Å². The Morgan fingerprint density at radius 2 is 1.85 bits per heavy atom. The molecule has 0 fully saturated rings. The number of rotatable bonds is 4. The fourth-order valence-corrected chi connectivity index (χ4v) is 2.63. The van der Waals surface area contributed by atoms with E-state index in [2.05, 4.69) is 13.8 Å². The topological polar surface area (TPSA) is 17.1 Å². The Balaban J connectivity index is 2.33. The summed E-state index contributed by atoms with van der Waals surface area (Å²) in [6.07, 6.45) is 0.954. The van der Waals surface area contributed by atoms with E-state index in [1.165, 1.54) is 0 Å². The summed E-state index contributed by atoms with van der Waals surface area (Å²) >= 11 is 11.9. The molecule has 0 saturated carbocycles. The third-order valence-corrected chi connectivity index (χ3v) is 3.56. The molecule has 2 aromatic carbocycles. The molecule has 104 valence electrons. The SMILES string of the molecule is CC(C)Cc1cccc(C(=O)c2ccc(Cl)cc2Cl)c1. The van der Waals surface area contributed by atoms with Gasteiger partial charge in [0.1, 0.15) is 0 Å². The highest BCUT2D eigenvalue weighted by molar-refractivity contribution is 6.37. The van der Waals surface area contributed by atoms with Gasteiger partial charge in [0.05, 0.1) is 5.02 Å². The third-order valence-electron chi connectivity index (χ3n) is 3.01. The summed E-state index contributed by atoms with van der Waals surface area (Å²) in [5.74, 6) is 0.483. The van der Waals surface area contributed by atoms with E-state index in [-0.39, 0.29) is 5.78 Å². The maximum atomic E-state index is 12.5. The summed E-state index contributed by atoms with van der Waals surface area (Å²) < 4.78 is 0. The monoisotopic (exact) mass is 306 g/mol. The molecule has 0 atom stereocenters. The molecule has 0 spiro atoms. The molecule has 0 amide bonds. The van der Waals surface area contributed by atoms with Gasteiger partial charge in [-0.05, 0) is 42.2 Å². The molecule has 20 heavy (non-hydrogen) atoms. The van der Waals surface area contributed by atoms with Crippen LogP contribution in [0.25, 0.3) is 0 Å². The highest BCUT2D eigenvalue weighted by Crippen LogP contribution is 2.24. The van der Waals surface area contributed by atoms with Crippen molar-refractivity contribution in [3.63, 3.8) is 0 Å². The largest absolute Gasteiger partial charge is 0.289 e. The molecule has 3 heteroatoms. The molecule has 2 rings (SSSR count). The second-order valence-corrected chi connectivity index (χ2v) is 6.10. The molecule has 0 radical (unpaired) electrons. The number of carbonyl (C=O) groups is 1. The number of halogens is 2. The lowest BCUT2D eigenvalue weighted by molar-refractivity contribution is 0.103. The van der Waals surface area contributed by atoms with Gasteiger partial charge >= 0.3 is 0 Å². The van der Waals surface area contributed by atoms with E-state index in [1.807, 2.05) is 24.3 Å². The van der Waals surface area contributed by atoms with Crippen LogP contribution < -0.4 is 0 Å². The first-order valence-electron chi connectivity index (χ1n) is 6.56. The molecule has 0 aliphatic carbocycles. The Labute approximate surface area is 129 Å². The van der Waals surface area contributed by atoms with Gasteiger partial charge in [0, 0.05) is 16.1 Å². The summed E-state index contributed by atoms with van der Waals surface area (Å²) in [5, 5.41) is 0.914. The van der Waals surface area contributed by atoms with Crippen LogP contribution in [-0.4, -0.2) is 5.78 Å². The van der Waals surface area contributed by atoms with Gasteiger partial charge in [-0.2, -0.15) is 0 Å². The van der Waals surface area contributed by atoms with Crippen LogP contribution in [0.5, 0.6) is 0 Å². The van der Waals surface area contributed by atoms with Crippen LogP contribution in [-0.2, 0) is 6.42 Å². The summed E-state index contributed by atoms with van der Waals surface area (Å²) in [5.41, 5.74) is 2.31. The van der Waals surface area contributed by atoms with Crippen LogP contribution in [0.15, 0.2) is 42.5 Å². The Bertz CT molecular complexity index is 633. The molecular formula is C17H16Cl2O. The van der Waals surface area contributed by atoms with E-state index in [0.29, 0.717) is 27.1 Å². The van der Waals surface area contributed by atoms with Crippen LogP contribution in [0.1, 0.15) is 35.3 Å². The molecule has 0 bridgehead atoms. The summed E-state index contributed by atoms with van der Waals surface area (Å²) in [7, 11) is 0. The molecule has 0 saturated heterocycles. The highest BCUT2D eigenvalue weighted by Gasteiger charge is 2.13. The van der Waals surface area contributed by atoms with Crippen molar-refractivity contribution < 1.29 is 4.79 Å². The second kappa shape index (κ2) is 6.43. The average molecular weight is 307 g/mol. The first-order valence-corrected chi connectivity index (χ1v) is 7.31. The van der Waals surface area contributed by atoms with Crippen molar-refractivity contribution in [3.8, 4) is 0 Å². The lowest BCUT2D eigenvalue weighted by atomic mass is 9.97. The van der Waals surface area contributed by atoms with E-state index in [4.69, 9.17) is 23.2 Å². The average Bonchev–Trinajstić information content (AvgIpc) is 2.37. The van der Waals surface area contributed by atoms with E-state index in [0.717, 1.165) is 12.0 Å². The zero-order valence-corrected chi connectivity index (χ0v) is 13.0. The first-order chi connectivity index (χ1) is 9.47. The minimum absolute atomic E-state index is 0.0720. The number of hydrogen-bond acceptors (Lipinski definition) is 1. The van der Waals surface area contributed by atoms with Gasteiger partial charge < -0.3 is 0 Å². The van der Waals surface area contributed by atoms with Crippen LogP contribution in [0.4, 0.5) is 0 Å². The third kappa shape index (κ3) is 3.62. The van der Waals surface area contributed by atoms with Gasteiger partial charge in [0.15, 0.2) is 5.78 Å². The van der Waals surface area contributed by atoms with Gasteiger partial charge in [-0.25, -0.2) is 0 Å². The number of benzene rings is 2. The fourth-order valence-electron chi connectivity index (χ4n) is 2.14. The maximum Gasteiger partial charge on any atom is 0.194 e. The number of ketones is 1. The van der Waals surface area contributed by atoms with Crippen LogP contribution in [0.2, 0.25) is 10.0 Å².